The number of nitrogens with zero attached hydrogens (tertiary/aromatic N) is 2. The maximum Gasteiger partial charge on any atom is 0.285 e. The van der Waals surface area contributed by atoms with Crippen molar-refractivity contribution in [3.63, 3.8) is 0 Å². The van der Waals surface area contributed by atoms with Crippen molar-refractivity contribution in [2.75, 3.05) is 4.90 Å². The highest BCUT2D eigenvalue weighted by molar-refractivity contribution is 6.23. The van der Waals surface area contributed by atoms with Crippen molar-refractivity contribution >= 4 is 17.5 Å². The number of anilines is 1. The maximum absolute atomic E-state index is 13.8. The molecular formula is C25H18N2O4. The Kier molecular flexibility index (Phi) is 3.41. The third-order valence-corrected chi connectivity index (χ3v) is 7.12. The highest BCUT2D eigenvalue weighted by Gasteiger charge is 2.74. The molecule has 0 aromatic heterocycles. The topological polar surface area (TPSA) is 80.5 Å². The van der Waals surface area contributed by atoms with E-state index in [0.29, 0.717) is 16.8 Å². The Bertz CT molecular complexity index is 1270. The Hall–Kier alpha value is -3.80. The maximum atomic E-state index is 13.8. The molecule has 0 spiro atoms. The average Bonchev–Trinajstić information content (AvgIpc) is 3.04. The monoisotopic (exact) mass is 410 g/mol. The summed E-state index contributed by atoms with van der Waals surface area (Å²) in [6, 6.07) is 21.6. The Balaban J connectivity index is 1.68. The minimum Gasteiger partial charge on any atom is -0.274 e. The number of amides is 2. The van der Waals surface area contributed by atoms with E-state index in [1.165, 1.54) is 4.90 Å². The van der Waals surface area contributed by atoms with Crippen LogP contribution in [-0.2, 0) is 15.1 Å². The van der Waals surface area contributed by atoms with Gasteiger partial charge in [-0.3, -0.25) is 19.7 Å². The zero-order valence-corrected chi connectivity index (χ0v) is 16.7. The molecule has 2 atom stereocenters. The summed E-state index contributed by atoms with van der Waals surface area (Å²) in [4.78, 5) is 41.2. The summed E-state index contributed by atoms with van der Waals surface area (Å²) in [6.07, 6.45) is 0. The lowest BCUT2D eigenvalue weighted by atomic mass is 9.51. The first-order valence-electron chi connectivity index (χ1n) is 10.3. The Labute approximate surface area is 178 Å². The van der Waals surface area contributed by atoms with E-state index in [2.05, 4.69) is 0 Å². The highest BCUT2D eigenvalue weighted by atomic mass is 16.6. The van der Waals surface area contributed by atoms with E-state index in [0.717, 1.165) is 16.7 Å². The van der Waals surface area contributed by atoms with Gasteiger partial charge in [0.2, 0.25) is 11.8 Å². The smallest absolute Gasteiger partial charge is 0.274 e. The number of rotatable bonds is 2. The predicted octanol–water partition coefficient (Wildman–Crippen LogP) is 3.78. The first kappa shape index (κ1) is 18.0. The molecule has 6 heteroatoms. The van der Waals surface area contributed by atoms with Crippen molar-refractivity contribution in [3.8, 4) is 0 Å². The Morgan fingerprint density at radius 3 is 2.06 bits per heavy atom. The summed E-state index contributed by atoms with van der Waals surface area (Å²) >= 11 is 0. The van der Waals surface area contributed by atoms with Crippen molar-refractivity contribution in [1.82, 2.24) is 0 Å². The molecule has 3 aliphatic carbocycles. The van der Waals surface area contributed by atoms with Crippen LogP contribution in [0.1, 0.15) is 33.7 Å². The summed E-state index contributed by atoms with van der Waals surface area (Å²) in [5.41, 5.74) is 2.19. The van der Waals surface area contributed by atoms with Crippen molar-refractivity contribution in [2.45, 2.75) is 18.4 Å². The molecule has 0 saturated carbocycles. The van der Waals surface area contributed by atoms with E-state index in [4.69, 9.17) is 0 Å². The van der Waals surface area contributed by atoms with Gasteiger partial charge in [0.05, 0.1) is 11.6 Å². The lowest BCUT2D eigenvalue weighted by Gasteiger charge is -2.48. The third kappa shape index (κ3) is 1.97. The van der Waals surface area contributed by atoms with Crippen LogP contribution in [0, 0.1) is 28.9 Å². The lowest BCUT2D eigenvalue weighted by molar-refractivity contribution is -0.578. The van der Waals surface area contributed by atoms with Gasteiger partial charge in [-0.25, -0.2) is 4.90 Å². The fourth-order valence-corrected chi connectivity index (χ4v) is 6.06. The van der Waals surface area contributed by atoms with Gasteiger partial charge in [0.25, 0.3) is 5.54 Å². The van der Waals surface area contributed by atoms with E-state index in [9.17, 15) is 19.7 Å². The normalized spacial score (nSPS) is 27.6. The predicted molar refractivity (Wildman–Crippen MR) is 113 cm³/mol. The molecule has 1 saturated heterocycles. The van der Waals surface area contributed by atoms with Gasteiger partial charge in [-0.15, -0.1) is 0 Å². The molecule has 0 unspecified atom stereocenters. The molecule has 0 radical (unpaired) electrons. The number of hydrogen-bond acceptors (Lipinski definition) is 4. The Morgan fingerprint density at radius 1 is 0.871 bits per heavy atom. The van der Waals surface area contributed by atoms with Crippen LogP contribution in [0.25, 0.3) is 0 Å². The molecule has 2 amide bonds. The molecule has 0 N–H and O–H groups in total. The van der Waals surface area contributed by atoms with Crippen LogP contribution < -0.4 is 4.90 Å². The summed E-state index contributed by atoms with van der Waals surface area (Å²) in [6.45, 7) is 1.88. The number of carbonyl (C=O) groups is 2. The first-order valence-corrected chi connectivity index (χ1v) is 10.3. The molecule has 3 aromatic carbocycles. The minimum atomic E-state index is -1.78. The molecule has 6 nitrogen and oxygen atoms in total. The van der Waals surface area contributed by atoms with E-state index < -0.39 is 23.3 Å². The van der Waals surface area contributed by atoms with Gasteiger partial charge in [-0.1, -0.05) is 60.7 Å². The zero-order valence-electron chi connectivity index (χ0n) is 16.7. The number of imide groups is 1. The summed E-state index contributed by atoms with van der Waals surface area (Å²) < 4.78 is 0. The van der Waals surface area contributed by atoms with Crippen LogP contribution in [-0.4, -0.2) is 16.7 Å². The molecule has 4 aliphatic rings. The lowest BCUT2D eigenvalue weighted by Crippen LogP contribution is -2.57. The fraction of sp³-hybridized carbons (Fsp3) is 0.200. The fourth-order valence-electron chi connectivity index (χ4n) is 6.06. The second kappa shape index (κ2) is 5.88. The molecule has 152 valence electrons. The molecule has 2 bridgehead atoms. The van der Waals surface area contributed by atoms with Crippen molar-refractivity contribution in [1.29, 1.82) is 0 Å². The number of benzene rings is 3. The molecule has 7 rings (SSSR count). The minimum absolute atomic E-state index is 0.345. The van der Waals surface area contributed by atoms with Crippen LogP contribution in [0.2, 0.25) is 0 Å². The van der Waals surface area contributed by atoms with E-state index in [1.807, 2.05) is 37.3 Å². The standard InChI is InChI=1S/C25H18N2O4/c1-14-7-6-8-15(13-14)26-23(28)21-20-16-9-2-4-11-18(16)25(27(30)31,22(21)24(26)29)19-12-5-3-10-17(19)20/h2-13,20-22H,1H3/t20?,21-,22-,25?/m0/s1. The van der Waals surface area contributed by atoms with E-state index >= 15 is 0 Å². The highest BCUT2D eigenvalue weighted by Crippen LogP contribution is 2.64. The van der Waals surface area contributed by atoms with Crippen molar-refractivity contribution in [3.05, 3.63) is 111 Å². The van der Waals surface area contributed by atoms with Gasteiger partial charge >= 0.3 is 0 Å². The summed E-state index contributed by atoms with van der Waals surface area (Å²) in [5.74, 6) is -3.12. The molecule has 31 heavy (non-hydrogen) atoms. The van der Waals surface area contributed by atoms with Gasteiger partial charge in [-0.2, -0.15) is 0 Å². The largest absolute Gasteiger partial charge is 0.285 e. The zero-order chi connectivity index (χ0) is 21.5. The Morgan fingerprint density at radius 2 is 1.48 bits per heavy atom. The molecule has 1 heterocycles. The molecular weight excluding hydrogens is 392 g/mol. The van der Waals surface area contributed by atoms with Gasteiger partial charge < -0.3 is 0 Å². The molecule has 1 aliphatic heterocycles. The van der Waals surface area contributed by atoms with Crippen LogP contribution in [0.5, 0.6) is 0 Å². The SMILES string of the molecule is Cc1cccc(N2C(=O)[C@@H]3[C@@H](C2=O)C2c4ccccc4C3([N+](=O)[O-])c3ccccc32)c1. The number of aryl methyl sites for hydroxylation is 1. The van der Waals surface area contributed by atoms with Crippen LogP contribution >= 0.6 is 0 Å². The van der Waals surface area contributed by atoms with Crippen molar-refractivity contribution in [2.24, 2.45) is 11.8 Å². The first-order chi connectivity index (χ1) is 15.0. The van der Waals surface area contributed by atoms with Crippen LogP contribution in [0.15, 0.2) is 72.8 Å². The van der Waals surface area contributed by atoms with Crippen LogP contribution in [0.3, 0.4) is 0 Å². The van der Waals surface area contributed by atoms with Crippen molar-refractivity contribution < 1.29 is 14.5 Å². The van der Waals surface area contributed by atoms with Crippen LogP contribution in [0.4, 0.5) is 5.69 Å². The number of hydrogen-bond donors (Lipinski definition) is 0. The number of carbonyl (C=O) groups excluding carboxylic acids is 2. The van der Waals surface area contributed by atoms with Gasteiger partial charge in [-0.05, 0) is 35.7 Å². The second-order valence-corrected chi connectivity index (χ2v) is 8.53. The quantitative estimate of drug-likeness (QED) is 0.366. The van der Waals surface area contributed by atoms with E-state index in [-0.39, 0.29) is 16.7 Å². The number of nitro groups is 1. The van der Waals surface area contributed by atoms with Gasteiger partial charge in [0, 0.05) is 22.0 Å². The summed E-state index contributed by atoms with van der Waals surface area (Å²) in [5, 5.41) is 12.9. The average molecular weight is 410 g/mol. The summed E-state index contributed by atoms with van der Waals surface area (Å²) in [7, 11) is 0. The van der Waals surface area contributed by atoms with Gasteiger partial charge in [0.15, 0.2) is 0 Å². The molecule has 3 aromatic rings. The second-order valence-electron chi connectivity index (χ2n) is 8.53. The molecule has 1 fully saturated rings. The van der Waals surface area contributed by atoms with E-state index in [1.54, 1.807) is 42.5 Å². The third-order valence-electron chi connectivity index (χ3n) is 7.12. The van der Waals surface area contributed by atoms with Gasteiger partial charge in [0.1, 0.15) is 5.92 Å².